The predicted octanol–water partition coefficient (Wildman–Crippen LogP) is 7.21. The number of aromatic nitrogens is 1. The molecule has 2 aliphatic rings. The summed E-state index contributed by atoms with van der Waals surface area (Å²) in [5.41, 5.74) is 2.42. The molecule has 4 atom stereocenters. The third-order valence-electron chi connectivity index (χ3n) is 7.90. The molecule has 0 bridgehead atoms. The number of rotatable bonds is 4. The molecule has 1 N–H and O–H groups in total. The molecule has 0 spiro atoms. The molecule has 1 heterocycles. The lowest BCUT2D eigenvalue weighted by atomic mass is 9.75. The van der Waals surface area contributed by atoms with Gasteiger partial charge in [-0.25, -0.2) is 4.39 Å². The average Bonchev–Trinajstić information content (AvgIpc) is 3.34. The molecule has 0 saturated heterocycles. The van der Waals surface area contributed by atoms with Crippen molar-refractivity contribution in [2.24, 2.45) is 23.2 Å². The van der Waals surface area contributed by atoms with Crippen molar-refractivity contribution < 1.29 is 9.18 Å². The molecule has 2 saturated carbocycles. The summed E-state index contributed by atoms with van der Waals surface area (Å²) < 4.78 is 13.9. The summed E-state index contributed by atoms with van der Waals surface area (Å²) >= 11 is 5.96. The van der Waals surface area contributed by atoms with E-state index >= 15 is 0 Å². The second-order valence-electron chi connectivity index (χ2n) is 10.1. The maximum atomic E-state index is 13.9. The van der Waals surface area contributed by atoms with Gasteiger partial charge in [-0.2, -0.15) is 0 Å². The summed E-state index contributed by atoms with van der Waals surface area (Å²) in [6, 6.07) is 14.2. The number of fused-ring (bicyclic) bond motifs is 2. The zero-order chi connectivity index (χ0) is 22.5. The highest BCUT2D eigenvalue weighted by Crippen LogP contribution is 2.56. The first-order valence-electron chi connectivity index (χ1n) is 11.4. The molecule has 5 heteroatoms. The van der Waals surface area contributed by atoms with Crippen molar-refractivity contribution in [1.29, 1.82) is 0 Å². The van der Waals surface area contributed by atoms with Gasteiger partial charge >= 0.3 is 0 Å². The number of carbonyl (C=O) groups excluding carboxylic acids is 1. The van der Waals surface area contributed by atoms with Gasteiger partial charge in [-0.3, -0.25) is 9.78 Å². The van der Waals surface area contributed by atoms with Crippen molar-refractivity contribution in [3.63, 3.8) is 0 Å². The first-order chi connectivity index (χ1) is 15.3. The molecule has 32 heavy (non-hydrogen) atoms. The quantitative estimate of drug-likeness (QED) is 0.456. The van der Waals surface area contributed by atoms with Crippen molar-refractivity contribution in [3.05, 3.63) is 71.1 Å². The van der Waals surface area contributed by atoms with Crippen LogP contribution in [0.25, 0.3) is 10.9 Å². The Balaban J connectivity index is 1.28. The highest BCUT2D eigenvalue weighted by molar-refractivity contribution is 6.30. The Bertz CT molecular complexity index is 1150. The van der Waals surface area contributed by atoms with Gasteiger partial charge in [0.15, 0.2) is 0 Å². The molecule has 1 amide bonds. The molecule has 2 fully saturated rings. The Labute approximate surface area is 193 Å². The van der Waals surface area contributed by atoms with Gasteiger partial charge in [0.2, 0.25) is 5.91 Å². The Hall–Kier alpha value is -2.46. The van der Waals surface area contributed by atoms with Crippen LogP contribution in [0.3, 0.4) is 0 Å². The van der Waals surface area contributed by atoms with Crippen molar-refractivity contribution >= 4 is 34.1 Å². The Morgan fingerprint density at radius 2 is 1.72 bits per heavy atom. The number of hydrogen-bond donors (Lipinski definition) is 1. The molecule has 3 nitrogen and oxygen atoms in total. The largest absolute Gasteiger partial charge is 0.326 e. The fourth-order valence-electron chi connectivity index (χ4n) is 5.97. The van der Waals surface area contributed by atoms with Gasteiger partial charge in [-0.1, -0.05) is 25.4 Å². The number of pyridine rings is 1. The maximum Gasteiger partial charge on any atom is 0.230 e. The van der Waals surface area contributed by atoms with Gasteiger partial charge in [0, 0.05) is 27.7 Å². The van der Waals surface area contributed by atoms with Gasteiger partial charge in [-0.05, 0) is 103 Å². The van der Waals surface area contributed by atoms with E-state index in [2.05, 4.69) is 30.2 Å². The van der Waals surface area contributed by atoms with Crippen LogP contribution in [-0.2, 0) is 4.79 Å². The molecular weight excluding hydrogens is 423 g/mol. The average molecular weight is 451 g/mol. The minimum atomic E-state index is -0.439. The van der Waals surface area contributed by atoms with Gasteiger partial charge in [-0.15, -0.1) is 0 Å². The monoisotopic (exact) mass is 450 g/mol. The predicted molar refractivity (Wildman–Crippen MR) is 127 cm³/mol. The third-order valence-corrected chi connectivity index (χ3v) is 8.15. The van der Waals surface area contributed by atoms with E-state index in [0.717, 1.165) is 42.3 Å². The number of amides is 1. The highest BCUT2D eigenvalue weighted by Gasteiger charge is 2.48. The zero-order valence-corrected chi connectivity index (χ0v) is 19.2. The number of benzene rings is 2. The fourth-order valence-corrected chi connectivity index (χ4v) is 6.09. The lowest BCUT2D eigenvalue weighted by molar-refractivity contribution is -0.126. The van der Waals surface area contributed by atoms with Crippen molar-refractivity contribution in [2.45, 2.75) is 45.4 Å². The summed E-state index contributed by atoms with van der Waals surface area (Å²) in [6.07, 6.45) is 6.19. The summed E-state index contributed by atoms with van der Waals surface area (Å²) in [6.45, 7) is 4.14. The molecule has 5 rings (SSSR count). The minimum absolute atomic E-state index is 0.0666. The summed E-state index contributed by atoms with van der Waals surface area (Å²) in [5.74, 6) is 1.88. The normalized spacial score (nSPS) is 25.1. The standard InChI is InChI=1S/C27H28ClFN2O/c1-27(2,26(32)31-22-6-3-20(28)4-7-22)19-13-16-11-18(12-17(16)14-19)23-9-10-30-25-8-5-21(29)15-24(23)25/h3-10,15-19H,11-14H2,1-2H3,(H,31,32)/t16-,17+,18?,19?. The number of halogens is 2. The SMILES string of the molecule is CC(C)(C(=O)Nc1ccc(Cl)cc1)C1C[C@H]2CC(c3ccnc4ccc(F)cc34)C[C@H]2C1. The van der Waals surface area contributed by atoms with Gasteiger partial charge in [0.25, 0.3) is 0 Å². The van der Waals surface area contributed by atoms with Crippen LogP contribution in [0.2, 0.25) is 5.02 Å². The van der Waals surface area contributed by atoms with Crippen molar-refractivity contribution in [2.75, 3.05) is 5.32 Å². The highest BCUT2D eigenvalue weighted by atomic mass is 35.5. The van der Waals surface area contributed by atoms with Gasteiger partial charge in [0.1, 0.15) is 5.82 Å². The van der Waals surface area contributed by atoms with Crippen LogP contribution in [-0.4, -0.2) is 10.9 Å². The summed E-state index contributed by atoms with van der Waals surface area (Å²) in [4.78, 5) is 17.5. The molecular formula is C27H28ClFN2O. The number of nitrogens with one attached hydrogen (secondary N) is 1. The lowest BCUT2D eigenvalue weighted by Crippen LogP contribution is -2.37. The number of nitrogens with zero attached hydrogens (tertiary/aromatic N) is 1. The molecule has 2 aliphatic carbocycles. The Kier molecular flexibility index (Phi) is 5.45. The van der Waals surface area contributed by atoms with E-state index in [9.17, 15) is 9.18 Å². The molecule has 2 aromatic carbocycles. The van der Waals surface area contributed by atoms with E-state index in [-0.39, 0.29) is 11.7 Å². The minimum Gasteiger partial charge on any atom is -0.326 e. The molecule has 1 aromatic heterocycles. The third kappa shape index (κ3) is 3.90. The van der Waals surface area contributed by atoms with Crippen LogP contribution in [0.4, 0.5) is 10.1 Å². The lowest BCUT2D eigenvalue weighted by Gasteiger charge is -2.31. The zero-order valence-electron chi connectivity index (χ0n) is 18.4. The van der Waals surface area contributed by atoms with Crippen LogP contribution in [0.5, 0.6) is 0 Å². The van der Waals surface area contributed by atoms with E-state index in [1.165, 1.54) is 11.6 Å². The second-order valence-corrected chi connectivity index (χ2v) is 10.5. The van der Waals surface area contributed by atoms with Crippen LogP contribution in [0, 0.1) is 29.0 Å². The maximum absolute atomic E-state index is 13.9. The number of carbonyl (C=O) groups is 1. The van der Waals surface area contributed by atoms with E-state index in [0.29, 0.717) is 28.7 Å². The van der Waals surface area contributed by atoms with Crippen LogP contribution >= 0.6 is 11.6 Å². The van der Waals surface area contributed by atoms with Gasteiger partial charge < -0.3 is 5.32 Å². The summed E-state index contributed by atoms with van der Waals surface area (Å²) in [7, 11) is 0. The van der Waals surface area contributed by atoms with Crippen molar-refractivity contribution in [3.8, 4) is 0 Å². The van der Waals surface area contributed by atoms with E-state index < -0.39 is 5.41 Å². The second kappa shape index (κ2) is 8.15. The van der Waals surface area contributed by atoms with E-state index in [1.54, 1.807) is 24.3 Å². The van der Waals surface area contributed by atoms with E-state index in [1.807, 2.05) is 18.3 Å². The Morgan fingerprint density at radius 1 is 1.03 bits per heavy atom. The first-order valence-corrected chi connectivity index (χ1v) is 11.8. The molecule has 166 valence electrons. The Morgan fingerprint density at radius 3 is 2.41 bits per heavy atom. The van der Waals surface area contributed by atoms with Crippen molar-refractivity contribution in [1.82, 2.24) is 4.98 Å². The van der Waals surface area contributed by atoms with Crippen LogP contribution in [0.15, 0.2) is 54.7 Å². The fraction of sp³-hybridized carbons (Fsp3) is 0.407. The topological polar surface area (TPSA) is 42.0 Å². The van der Waals surface area contributed by atoms with Crippen LogP contribution < -0.4 is 5.32 Å². The molecule has 3 aromatic rings. The van der Waals surface area contributed by atoms with E-state index in [4.69, 9.17) is 11.6 Å². The molecule has 0 aliphatic heterocycles. The smallest absolute Gasteiger partial charge is 0.230 e. The number of anilines is 1. The molecule has 0 radical (unpaired) electrons. The molecule has 2 unspecified atom stereocenters. The first kappa shape index (κ1) is 21.4. The van der Waals surface area contributed by atoms with Crippen LogP contribution in [0.1, 0.15) is 51.0 Å². The van der Waals surface area contributed by atoms with Gasteiger partial charge in [0.05, 0.1) is 5.52 Å². The number of hydrogen-bond acceptors (Lipinski definition) is 2. The summed E-state index contributed by atoms with van der Waals surface area (Å²) in [5, 5.41) is 4.67.